The molecule has 5 amide bonds. The van der Waals surface area contributed by atoms with Crippen molar-refractivity contribution in [1.82, 2.24) is 25.8 Å². The van der Waals surface area contributed by atoms with Gasteiger partial charge in [0.2, 0.25) is 17.7 Å². The van der Waals surface area contributed by atoms with Gasteiger partial charge in [-0.1, -0.05) is 67.6 Å². The molecule has 0 bridgehead atoms. The van der Waals surface area contributed by atoms with E-state index in [2.05, 4.69) is 27.8 Å². The minimum Gasteiger partial charge on any atom is -0.445 e. The Morgan fingerprint density at radius 1 is 0.936 bits per heavy atom. The minimum absolute atomic E-state index is 0.0560. The monoisotopic (exact) mass is 650 g/mol. The molecule has 2 saturated heterocycles. The molecule has 2 aromatic rings. The van der Waals surface area contributed by atoms with Crippen molar-refractivity contribution < 1.29 is 33.8 Å². The van der Waals surface area contributed by atoms with E-state index in [4.69, 9.17) is 10.5 Å². The van der Waals surface area contributed by atoms with E-state index >= 15 is 0 Å². The van der Waals surface area contributed by atoms with Gasteiger partial charge in [-0.05, 0) is 56.3 Å². The van der Waals surface area contributed by atoms with Gasteiger partial charge in [-0.2, -0.15) is 0 Å². The fourth-order valence-corrected chi connectivity index (χ4v) is 6.23. The summed E-state index contributed by atoms with van der Waals surface area (Å²) >= 11 is 0. The summed E-state index contributed by atoms with van der Waals surface area (Å²) in [6.07, 6.45) is -0.0378. The molecule has 0 spiro atoms. The third-order valence-electron chi connectivity index (χ3n) is 8.74. The van der Waals surface area contributed by atoms with Crippen LogP contribution >= 0.6 is 0 Å². The van der Waals surface area contributed by atoms with E-state index in [1.54, 1.807) is 48.5 Å². The van der Waals surface area contributed by atoms with E-state index in [1.165, 1.54) is 4.90 Å². The molecule has 2 unspecified atom stereocenters. The number of aliphatic hydroxyl groups is 1. The quantitative estimate of drug-likeness (QED) is 0.188. The Morgan fingerprint density at radius 2 is 1.60 bits per heavy atom. The Morgan fingerprint density at radius 3 is 2.26 bits per heavy atom. The number of nitrogens with two attached hydrogens (primary N) is 1. The highest BCUT2D eigenvalue weighted by atomic mass is 16.5. The summed E-state index contributed by atoms with van der Waals surface area (Å²) < 4.78 is 5.21. The molecule has 5 atom stereocenters. The topological polar surface area (TPSA) is 183 Å². The van der Waals surface area contributed by atoms with Crippen LogP contribution in [0.25, 0.3) is 0 Å². The molecular weight excluding hydrogens is 604 g/mol. The maximum Gasteiger partial charge on any atom is 0.408 e. The normalized spacial score (nSPS) is 19.7. The van der Waals surface area contributed by atoms with Gasteiger partial charge in [0.05, 0.1) is 12.5 Å². The van der Waals surface area contributed by atoms with Crippen LogP contribution in [0.5, 0.6) is 0 Å². The van der Waals surface area contributed by atoms with Crippen LogP contribution in [-0.2, 0) is 36.9 Å². The first-order valence-corrected chi connectivity index (χ1v) is 16.3. The first kappa shape index (κ1) is 35.4. The van der Waals surface area contributed by atoms with Gasteiger partial charge >= 0.3 is 6.09 Å². The lowest BCUT2D eigenvalue weighted by molar-refractivity contribution is -0.147. The van der Waals surface area contributed by atoms with Crippen LogP contribution in [0.2, 0.25) is 0 Å². The number of nitrogens with zero attached hydrogens (tertiary/aromatic N) is 2. The van der Waals surface area contributed by atoms with Crippen molar-refractivity contribution in [2.75, 3.05) is 26.2 Å². The van der Waals surface area contributed by atoms with Crippen LogP contribution in [0.4, 0.5) is 4.79 Å². The molecule has 2 aliphatic rings. The van der Waals surface area contributed by atoms with Gasteiger partial charge in [0.15, 0.2) is 6.10 Å². The highest BCUT2D eigenvalue weighted by Gasteiger charge is 2.40. The summed E-state index contributed by atoms with van der Waals surface area (Å²) in [5.74, 6) is -2.65. The molecule has 6 N–H and O–H groups in total. The van der Waals surface area contributed by atoms with Crippen molar-refractivity contribution in [3.63, 3.8) is 0 Å². The molecule has 2 aliphatic heterocycles. The van der Waals surface area contributed by atoms with Gasteiger partial charge in [-0.3, -0.25) is 24.1 Å². The van der Waals surface area contributed by atoms with Crippen molar-refractivity contribution in [3.8, 4) is 0 Å². The number of hydrogen-bond acceptors (Lipinski definition) is 8. The standard InChI is InChI=1S/C34H46N6O7/c1-2-39-17-9-15-25(39)21-36-32(44)28-16-10-18-40(28)33(45)30(42)26(19-23-11-5-3-6-12-23)37-31(43)27(20-29(35)41)38-34(46)47-22-24-13-7-4-8-14-24/h3-8,11-14,25-28,30,42H,2,9-10,15-22H2,1H3,(H2,35,41)(H,36,44)(H,37,43)(H,38,46)/t25?,26-,27-,28-,30?/m0/s1. The number of amides is 5. The van der Waals surface area contributed by atoms with Crippen LogP contribution in [0, 0.1) is 0 Å². The maximum absolute atomic E-state index is 13.8. The van der Waals surface area contributed by atoms with Crippen molar-refractivity contribution in [2.45, 2.75) is 82.3 Å². The Bertz CT molecular complexity index is 1360. The Balaban J connectivity index is 1.44. The van der Waals surface area contributed by atoms with Crippen molar-refractivity contribution in [3.05, 3.63) is 71.8 Å². The number of likely N-dealkylation sites (N-methyl/N-ethyl adjacent to an activating group) is 1. The molecule has 2 heterocycles. The number of rotatable bonds is 15. The second kappa shape index (κ2) is 17.4. The summed E-state index contributed by atoms with van der Waals surface area (Å²) in [7, 11) is 0. The molecule has 0 aliphatic carbocycles. The van der Waals surface area contributed by atoms with Crippen LogP contribution in [0.15, 0.2) is 60.7 Å². The fraction of sp³-hybridized carbons (Fsp3) is 0.500. The zero-order valence-electron chi connectivity index (χ0n) is 26.8. The summed E-state index contributed by atoms with van der Waals surface area (Å²) in [5, 5.41) is 19.5. The van der Waals surface area contributed by atoms with Crippen LogP contribution < -0.4 is 21.7 Å². The number of ether oxygens (including phenoxy) is 1. The molecule has 4 rings (SSSR count). The Labute approximate surface area is 275 Å². The molecule has 13 nitrogen and oxygen atoms in total. The summed E-state index contributed by atoms with van der Waals surface area (Å²) in [6, 6.07) is 14.8. The second-order valence-corrected chi connectivity index (χ2v) is 12.0. The molecule has 2 aromatic carbocycles. The summed E-state index contributed by atoms with van der Waals surface area (Å²) in [6.45, 7) is 4.69. The predicted octanol–water partition coefficient (Wildman–Crippen LogP) is 0.837. The van der Waals surface area contributed by atoms with Gasteiger partial charge in [0.25, 0.3) is 5.91 Å². The molecular formula is C34H46N6O7. The average Bonchev–Trinajstić information content (AvgIpc) is 3.76. The number of hydrogen-bond donors (Lipinski definition) is 5. The number of likely N-dealkylation sites (tertiary alicyclic amines) is 2. The largest absolute Gasteiger partial charge is 0.445 e. The highest BCUT2D eigenvalue weighted by Crippen LogP contribution is 2.21. The smallest absolute Gasteiger partial charge is 0.408 e. The maximum atomic E-state index is 13.8. The van der Waals surface area contributed by atoms with Gasteiger partial charge in [0, 0.05) is 19.1 Å². The third-order valence-corrected chi connectivity index (χ3v) is 8.74. The molecule has 13 heteroatoms. The Kier molecular flexibility index (Phi) is 13.1. The number of carbonyl (C=O) groups excluding carboxylic acids is 5. The van der Waals surface area contributed by atoms with Crippen LogP contribution in [0.1, 0.15) is 50.2 Å². The highest BCUT2D eigenvalue weighted by molar-refractivity contribution is 5.93. The summed E-state index contributed by atoms with van der Waals surface area (Å²) in [4.78, 5) is 68.6. The van der Waals surface area contributed by atoms with E-state index in [-0.39, 0.29) is 31.5 Å². The SMILES string of the molecule is CCN1CCCC1CNC(=O)[C@@H]1CCCN1C(=O)C(O)[C@H](Cc1ccccc1)NC(=O)[C@H](CC(N)=O)NC(=O)OCc1ccccc1. The fourth-order valence-electron chi connectivity index (χ4n) is 6.23. The lowest BCUT2D eigenvalue weighted by Gasteiger charge is -2.31. The first-order chi connectivity index (χ1) is 22.7. The number of nitrogens with one attached hydrogen (secondary N) is 3. The molecule has 2 fully saturated rings. The van der Waals surface area contributed by atoms with E-state index in [0.29, 0.717) is 19.4 Å². The van der Waals surface area contributed by atoms with E-state index < -0.39 is 54.5 Å². The predicted molar refractivity (Wildman–Crippen MR) is 173 cm³/mol. The number of primary amides is 1. The van der Waals surface area contributed by atoms with Crippen molar-refractivity contribution >= 4 is 29.7 Å². The van der Waals surface area contributed by atoms with Crippen LogP contribution in [0.3, 0.4) is 0 Å². The molecule has 254 valence electrons. The molecule has 0 radical (unpaired) electrons. The van der Waals surface area contributed by atoms with E-state index in [9.17, 15) is 29.1 Å². The van der Waals surface area contributed by atoms with Gasteiger partial charge in [0.1, 0.15) is 18.7 Å². The molecule has 47 heavy (non-hydrogen) atoms. The lowest BCUT2D eigenvalue weighted by atomic mass is 9.99. The molecule has 0 saturated carbocycles. The second-order valence-electron chi connectivity index (χ2n) is 12.0. The minimum atomic E-state index is -1.72. The number of carbonyl (C=O) groups is 5. The zero-order chi connectivity index (χ0) is 33.8. The van der Waals surface area contributed by atoms with E-state index in [0.717, 1.165) is 37.1 Å². The summed E-state index contributed by atoms with van der Waals surface area (Å²) in [5.41, 5.74) is 6.82. The van der Waals surface area contributed by atoms with Crippen molar-refractivity contribution in [1.29, 1.82) is 0 Å². The van der Waals surface area contributed by atoms with Gasteiger partial charge in [-0.25, -0.2) is 4.79 Å². The van der Waals surface area contributed by atoms with Gasteiger partial charge < -0.3 is 36.4 Å². The first-order valence-electron chi connectivity index (χ1n) is 16.3. The van der Waals surface area contributed by atoms with E-state index in [1.807, 2.05) is 12.1 Å². The van der Waals surface area contributed by atoms with Crippen LogP contribution in [-0.4, -0.2) is 101 Å². The molecule has 0 aromatic heterocycles. The van der Waals surface area contributed by atoms with Crippen molar-refractivity contribution in [2.24, 2.45) is 5.73 Å². The number of aliphatic hydroxyl groups excluding tert-OH is 1. The Hall–Kier alpha value is -4.49. The lowest BCUT2D eigenvalue weighted by Crippen LogP contribution is -2.58. The third kappa shape index (κ3) is 10.2. The zero-order valence-corrected chi connectivity index (χ0v) is 26.8. The average molecular weight is 651 g/mol. The number of benzene rings is 2. The van der Waals surface area contributed by atoms with Gasteiger partial charge in [-0.15, -0.1) is 0 Å². The number of alkyl carbamates (subject to hydrolysis) is 1.